The van der Waals surface area contributed by atoms with Crippen LogP contribution in [0.1, 0.15) is 12.1 Å². The third kappa shape index (κ3) is 5.30. The van der Waals surface area contributed by atoms with E-state index in [2.05, 4.69) is 25.5 Å². The van der Waals surface area contributed by atoms with E-state index >= 15 is 0 Å². The lowest BCUT2D eigenvalue weighted by molar-refractivity contribution is 0.259. The Morgan fingerprint density at radius 3 is 2.78 bits per heavy atom. The largest absolute Gasteiger partial charge is 0.364 e. The van der Waals surface area contributed by atoms with Crippen LogP contribution in [0.2, 0.25) is 0 Å². The summed E-state index contributed by atoms with van der Waals surface area (Å²) >= 11 is 0. The summed E-state index contributed by atoms with van der Waals surface area (Å²) in [5, 5.41) is 11.2. The number of hydrogen-bond donors (Lipinski definition) is 1. The SMILES string of the molecule is CN=C(NCCCn1cccn1)N1CCN(S(=O)(=O)Cc2ccon2)CC1. The number of sulfonamides is 1. The summed E-state index contributed by atoms with van der Waals surface area (Å²) in [5.74, 6) is 0.660. The van der Waals surface area contributed by atoms with Crippen molar-refractivity contribution in [2.45, 2.75) is 18.7 Å². The zero-order chi connectivity index (χ0) is 19.1. The maximum atomic E-state index is 12.5. The zero-order valence-electron chi connectivity index (χ0n) is 15.4. The zero-order valence-corrected chi connectivity index (χ0v) is 16.2. The fourth-order valence-corrected chi connectivity index (χ4v) is 4.40. The number of piperazine rings is 1. The van der Waals surface area contributed by atoms with E-state index in [0.717, 1.165) is 25.5 Å². The third-order valence-corrected chi connectivity index (χ3v) is 6.18. The van der Waals surface area contributed by atoms with E-state index in [1.54, 1.807) is 19.3 Å². The monoisotopic (exact) mass is 395 g/mol. The van der Waals surface area contributed by atoms with Gasteiger partial charge in [0.2, 0.25) is 10.0 Å². The summed E-state index contributed by atoms with van der Waals surface area (Å²) in [6.07, 6.45) is 6.01. The summed E-state index contributed by atoms with van der Waals surface area (Å²) in [6, 6.07) is 3.48. The molecule has 0 atom stereocenters. The normalized spacial score (nSPS) is 16.6. The molecule has 0 radical (unpaired) electrons. The lowest BCUT2D eigenvalue weighted by Gasteiger charge is -2.35. The number of aromatic nitrogens is 3. The van der Waals surface area contributed by atoms with Crippen molar-refractivity contribution in [2.24, 2.45) is 4.99 Å². The molecule has 10 nitrogen and oxygen atoms in total. The lowest BCUT2D eigenvalue weighted by atomic mass is 10.3. The van der Waals surface area contributed by atoms with Gasteiger partial charge in [-0.15, -0.1) is 0 Å². The summed E-state index contributed by atoms with van der Waals surface area (Å²) < 4.78 is 33.1. The molecule has 11 heteroatoms. The lowest BCUT2D eigenvalue weighted by Crippen LogP contribution is -2.54. The van der Waals surface area contributed by atoms with E-state index in [9.17, 15) is 8.42 Å². The highest BCUT2D eigenvalue weighted by Crippen LogP contribution is 2.12. The molecule has 0 aromatic carbocycles. The van der Waals surface area contributed by atoms with Crippen LogP contribution in [0.5, 0.6) is 0 Å². The first-order valence-corrected chi connectivity index (χ1v) is 10.5. The van der Waals surface area contributed by atoms with E-state index in [0.29, 0.717) is 31.9 Å². The van der Waals surface area contributed by atoms with Gasteiger partial charge in [-0.3, -0.25) is 9.67 Å². The van der Waals surface area contributed by atoms with Crippen LogP contribution in [0.3, 0.4) is 0 Å². The van der Waals surface area contributed by atoms with Crippen LogP contribution in [-0.2, 0) is 22.3 Å². The van der Waals surface area contributed by atoms with Crippen molar-refractivity contribution >= 4 is 16.0 Å². The molecule has 1 aliphatic rings. The summed E-state index contributed by atoms with van der Waals surface area (Å²) in [4.78, 5) is 6.39. The fourth-order valence-electron chi connectivity index (χ4n) is 2.97. The Bertz CT molecular complexity index is 810. The van der Waals surface area contributed by atoms with Crippen LogP contribution >= 0.6 is 0 Å². The van der Waals surface area contributed by atoms with Gasteiger partial charge < -0.3 is 14.7 Å². The Balaban J connectivity index is 1.44. The maximum Gasteiger partial charge on any atom is 0.220 e. The van der Waals surface area contributed by atoms with E-state index in [1.807, 2.05) is 16.9 Å². The summed E-state index contributed by atoms with van der Waals surface area (Å²) in [5.41, 5.74) is 0.423. The van der Waals surface area contributed by atoms with Gasteiger partial charge in [0.05, 0.1) is 5.69 Å². The average molecular weight is 395 g/mol. The van der Waals surface area contributed by atoms with E-state index in [-0.39, 0.29) is 5.75 Å². The van der Waals surface area contributed by atoms with Gasteiger partial charge in [0, 0.05) is 64.8 Å². The molecule has 0 unspecified atom stereocenters. The molecular formula is C16H25N7O3S. The molecule has 2 aromatic heterocycles. The second-order valence-electron chi connectivity index (χ2n) is 6.23. The van der Waals surface area contributed by atoms with Crippen LogP contribution in [0.15, 0.2) is 40.3 Å². The minimum absolute atomic E-state index is 0.135. The van der Waals surface area contributed by atoms with E-state index < -0.39 is 10.0 Å². The Kier molecular flexibility index (Phi) is 6.45. The smallest absolute Gasteiger partial charge is 0.220 e. The van der Waals surface area contributed by atoms with Gasteiger partial charge in [0.1, 0.15) is 12.0 Å². The number of nitrogens with zero attached hydrogens (tertiary/aromatic N) is 6. The number of nitrogens with one attached hydrogen (secondary N) is 1. The van der Waals surface area contributed by atoms with Crippen LogP contribution in [0.25, 0.3) is 0 Å². The molecule has 0 amide bonds. The first-order valence-electron chi connectivity index (χ1n) is 8.88. The molecule has 0 saturated carbocycles. The number of aryl methyl sites for hydroxylation is 1. The van der Waals surface area contributed by atoms with Crippen LogP contribution in [0, 0.1) is 0 Å². The fraction of sp³-hybridized carbons (Fsp3) is 0.562. The summed E-state index contributed by atoms with van der Waals surface area (Å²) in [7, 11) is -1.65. The van der Waals surface area contributed by atoms with Gasteiger partial charge in [-0.2, -0.15) is 9.40 Å². The van der Waals surface area contributed by atoms with Crippen molar-refractivity contribution in [2.75, 3.05) is 39.8 Å². The Labute approximate surface area is 158 Å². The Morgan fingerprint density at radius 2 is 2.15 bits per heavy atom. The number of aliphatic imine (C=N–C) groups is 1. The van der Waals surface area contributed by atoms with Crippen LogP contribution in [0.4, 0.5) is 0 Å². The average Bonchev–Trinajstić information content (AvgIpc) is 3.36. The highest BCUT2D eigenvalue weighted by molar-refractivity contribution is 7.88. The number of hydrogen-bond acceptors (Lipinski definition) is 6. The molecule has 1 N–H and O–H groups in total. The molecule has 2 aromatic rings. The van der Waals surface area contributed by atoms with Crippen molar-refractivity contribution in [1.29, 1.82) is 0 Å². The quantitative estimate of drug-likeness (QED) is 0.399. The third-order valence-electron chi connectivity index (χ3n) is 4.37. The van der Waals surface area contributed by atoms with Crippen molar-refractivity contribution in [1.82, 2.24) is 29.5 Å². The maximum absolute atomic E-state index is 12.5. The molecule has 27 heavy (non-hydrogen) atoms. The molecule has 1 saturated heterocycles. The van der Waals surface area contributed by atoms with Gasteiger partial charge in [-0.1, -0.05) is 5.16 Å². The Morgan fingerprint density at radius 1 is 1.33 bits per heavy atom. The first-order chi connectivity index (χ1) is 13.1. The highest BCUT2D eigenvalue weighted by Gasteiger charge is 2.28. The van der Waals surface area contributed by atoms with Crippen molar-refractivity contribution in [3.63, 3.8) is 0 Å². The standard InChI is InChI=1S/C16H25N7O3S/c1-17-16(18-5-2-7-22-8-3-6-19-22)21-9-11-23(12-10-21)27(24,25)14-15-4-13-26-20-15/h3-4,6,8,13H,2,5,7,9-12,14H2,1H3,(H,17,18). The molecule has 3 heterocycles. The minimum Gasteiger partial charge on any atom is -0.364 e. The Hall–Kier alpha value is -2.40. The van der Waals surface area contributed by atoms with Crippen molar-refractivity contribution in [3.05, 3.63) is 36.5 Å². The van der Waals surface area contributed by atoms with Crippen molar-refractivity contribution in [3.8, 4) is 0 Å². The highest BCUT2D eigenvalue weighted by atomic mass is 32.2. The molecule has 0 spiro atoms. The molecule has 3 rings (SSSR count). The summed E-state index contributed by atoms with van der Waals surface area (Å²) in [6.45, 7) is 3.65. The molecule has 0 aliphatic carbocycles. The molecule has 1 aliphatic heterocycles. The topological polar surface area (TPSA) is 109 Å². The van der Waals surface area contributed by atoms with Crippen molar-refractivity contribution < 1.29 is 12.9 Å². The second-order valence-corrected chi connectivity index (χ2v) is 8.20. The van der Waals surface area contributed by atoms with Gasteiger partial charge in [0.25, 0.3) is 0 Å². The van der Waals surface area contributed by atoms with Gasteiger partial charge in [-0.25, -0.2) is 8.42 Å². The van der Waals surface area contributed by atoms with Gasteiger partial charge in [0.15, 0.2) is 5.96 Å². The van der Waals surface area contributed by atoms with E-state index in [4.69, 9.17) is 4.52 Å². The first kappa shape index (κ1) is 19.4. The number of guanidine groups is 1. The predicted molar refractivity (Wildman–Crippen MR) is 100 cm³/mol. The molecule has 1 fully saturated rings. The van der Waals surface area contributed by atoms with Crippen LogP contribution < -0.4 is 5.32 Å². The number of rotatable bonds is 7. The predicted octanol–water partition coefficient (Wildman–Crippen LogP) is -0.0158. The molecular weight excluding hydrogens is 370 g/mol. The van der Waals surface area contributed by atoms with Crippen LogP contribution in [-0.4, -0.2) is 78.3 Å². The van der Waals surface area contributed by atoms with Gasteiger partial charge >= 0.3 is 0 Å². The van der Waals surface area contributed by atoms with E-state index in [1.165, 1.54) is 10.6 Å². The second kappa shape index (κ2) is 9.00. The minimum atomic E-state index is -3.39. The molecule has 0 bridgehead atoms. The van der Waals surface area contributed by atoms with Gasteiger partial charge in [-0.05, 0) is 12.5 Å². The molecule has 148 valence electrons.